The lowest BCUT2D eigenvalue weighted by Crippen LogP contribution is -2.58. The van der Waals surface area contributed by atoms with Crippen molar-refractivity contribution < 1.29 is 0 Å². The Kier molecular flexibility index (Phi) is 3.17. The normalized spacial score (nSPS) is 25.0. The van der Waals surface area contributed by atoms with Crippen LogP contribution in [0.4, 0.5) is 0 Å². The van der Waals surface area contributed by atoms with Gasteiger partial charge in [0.1, 0.15) is 5.41 Å². The molecule has 0 amide bonds. The summed E-state index contributed by atoms with van der Waals surface area (Å²) in [6, 6.07) is 25.5. The zero-order valence-electron chi connectivity index (χ0n) is 11.9. The van der Waals surface area contributed by atoms with Crippen molar-refractivity contribution in [1.29, 1.82) is 15.8 Å². The van der Waals surface area contributed by atoms with Crippen LogP contribution in [0.1, 0.15) is 23.5 Å². The lowest BCUT2D eigenvalue weighted by molar-refractivity contribution is 0.117. The Bertz CT molecular complexity index is 792. The third kappa shape index (κ3) is 1.59. The average Bonchev–Trinajstić information content (AvgIpc) is 2.58. The summed E-state index contributed by atoms with van der Waals surface area (Å²) < 4.78 is 0. The van der Waals surface area contributed by atoms with Gasteiger partial charge in [-0.2, -0.15) is 15.8 Å². The highest BCUT2D eigenvalue weighted by Crippen LogP contribution is 2.65. The van der Waals surface area contributed by atoms with Gasteiger partial charge in [-0.1, -0.05) is 60.7 Å². The second-order valence-electron chi connectivity index (χ2n) is 5.58. The predicted molar refractivity (Wildman–Crippen MR) is 81.2 cm³/mol. The van der Waals surface area contributed by atoms with Crippen LogP contribution in [0.25, 0.3) is 0 Å². The molecule has 1 fully saturated rings. The highest BCUT2D eigenvalue weighted by atomic mass is 14.7. The van der Waals surface area contributed by atoms with Crippen molar-refractivity contribution in [2.75, 3.05) is 0 Å². The van der Waals surface area contributed by atoms with Gasteiger partial charge in [0.2, 0.25) is 0 Å². The molecule has 104 valence electrons. The largest absolute Gasteiger partial charge is 0.197 e. The number of benzene rings is 2. The van der Waals surface area contributed by atoms with Crippen molar-refractivity contribution in [2.45, 2.75) is 17.8 Å². The molecule has 1 saturated carbocycles. The van der Waals surface area contributed by atoms with Crippen LogP contribution in [0.15, 0.2) is 60.7 Å². The van der Waals surface area contributed by atoms with Gasteiger partial charge in [0.05, 0.1) is 18.2 Å². The molecule has 3 rings (SSSR count). The average molecular weight is 283 g/mol. The summed E-state index contributed by atoms with van der Waals surface area (Å²) in [6.07, 6.45) is 0.381. The highest BCUT2D eigenvalue weighted by molar-refractivity contribution is 5.54. The summed E-state index contributed by atoms with van der Waals surface area (Å²) >= 11 is 0. The molecule has 2 aromatic carbocycles. The van der Waals surface area contributed by atoms with E-state index in [0.717, 1.165) is 11.1 Å². The summed E-state index contributed by atoms with van der Waals surface area (Å²) in [7, 11) is 0. The van der Waals surface area contributed by atoms with E-state index in [4.69, 9.17) is 0 Å². The standard InChI is InChI=1S/C19H13N3/c20-12-18(13-21)11-17(15-7-3-1-4-8-15)19(18,14-22)16-9-5-2-6-10-16/h1-10,17H,11H2. The van der Waals surface area contributed by atoms with Crippen LogP contribution in [0.2, 0.25) is 0 Å². The maximum Gasteiger partial charge on any atom is 0.167 e. The molecular formula is C19H13N3. The number of hydrogen-bond acceptors (Lipinski definition) is 3. The van der Waals surface area contributed by atoms with E-state index in [9.17, 15) is 15.8 Å². The van der Waals surface area contributed by atoms with E-state index in [1.807, 2.05) is 60.7 Å². The summed E-state index contributed by atoms with van der Waals surface area (Å²) in [6.45, 7) is 0. The van der Waals surface area contributed by atoms with Crippen LogP contribution in [0, 0.1) is 39.4 Å². The lowest BCUT2D eigenvalue weighted by Gasteiger charge is -2.53. The molecule has 2 unspecified atom stereocenters. The second-order valence-corrected chi connectivity index (χ2v) is 5.58. The number of hydrogen-bond donors (Lipinski definition) is 0. The second kappa shape index (κ2) is 5.03. The van der Waals surface area contributed by atoms with E-state index in [2.05, 4.69) is 18.2 Å². The first-order valence-electron chi connectivity index (χ1n) is 7.08. The zero-order valence-corrected chi connectivity index (χ0v) is 11.9. The minimum Gasteiger partial charge on any atom is -0.197 e. The first-order valence-corrected chi connectivity index (χ1v) is 7.08. The maximum atomic E-state index is 9.97. The number of nitrogens with zero attached hydrogens (tertiary/aromatic N) is 3. The molecule has 0 bridgehead atoms. The Labute approximate surface area is 129 Å². The third-order valence-corrected chi connectivity index (χ3v) is 4.70. The monoisotopic (exact) mass is 283 g/mol. The minimum atomic E-state index is -1.30. The summed E-state index contributed by atoms with van der Waals surface area (Å²) in [5, 5.41) is 29.2. The molecule has 0 radical (unpaired) electrons. The van der Waals surface area contributed by atoms with Crippen LogP contribution in [0.5, 0.6) is 0 Å². The third-order valence-electron chi connectivity index (χ3n) is 4.70. The van der Waals surface area contributed by atoms with Gasteiger partial charge in [-0.3, -0.25) is 0 Å². The van der Waals surface area contributed by atoms with Crippen molar-refractivity contribution in [2.24, 2.45) is 5.41 Å². The van der Waals surface area contributed by atoms with Crippen LogP contribution in [-0.4, -0.2) is 0 Å². The van der Waals surface area contributed by atoms with Gasteiger partial charge in [0.25, 0.3) is 0 Å². The van der Waals surface area contributed by atoms with Crippen molar-refractivity contribution in [1.82, 2.24) is 0 Å². The Balaban J connectivity index is 2.23. The van der Waals surface area contributed by atoms with E-state index in [-0.39, 0.29) is 5.92 Å². The van der Waals surface area contributed by atoms with Gasteiger partial charge < -0.3 is 0 Å². The van der Waals surface area contributed by atoms with Gasteiger partial charge in [-0.25, -0.2) is 0 Å². The van der Waals surface area contributed by atoms with E-state index in [1.54, 1.807) is 0 Å². The van der Waals surface area contributed by atoms with E-state index in [1.165, 1.54) is 0 Å². The molecule has 0 aromatic heterocycles. The molecule has 2 aromatic rings. The van der Waals surface area contributed by atoms with E-state index >= 15 is 0 Å². The number of nitriles is 3. The highest BCUT2D eigenvalue weighted by Gasteiger charge is 2.69. The molecule has 1 aliphatic rings. The predicted octanol–water partition coefficient (Wildman–Crippen LogP) is 3.67. The molecule has 0 spiro atoms. The van der Waals surface area contributed by atoms with E-state index < -0.39 is 10.8 Å². The first-order chi connectivity index (χ1) is 10.7. The summed E-state index contributed by atoms with van der Waals surface area (Å²) in [5.41, 5.74) is -0.697. The van der Waals surface area contributed by atoms with Crippen molar-refractivity contribution in [3.8, 4) is 18.2 Å². The molecule has 0 saturated heterocycles. The zero-order chi connectivity index (χ0) is 15.6. The summed E-state index contributed by atoms with van der Waals surface area (Å²) in [5.74, 6) is -0.152. The molecule has 22 heavy (non-hydrogen) atoms. The number of rotatable bonds is 2. The van der Waals surface area contributed by atoms with Crippen molar-refractivity contribution >= 4 is 0 Å². The molecular weight excluding hydrogens is 270 g/mol. The van der Waals surface area contributed by atoms with Crippen molar-refractivity contribution in [3.05, 3.63) is 71.8 Å². The maximum absolute atomic E-state index is 9.97. The quantitative estimate of drug-likeness (QED) is 0.844. The Morgan fingerprint density at radius 1 is 0.773 bits per heavy atom. The van der Waals surface area contributed by atoms with E-state index in [0.29, 0.717) is 6.42 Å². The minimum absolute atomic E-state index is 0.152. The van der Waals surface area contributed by atoms with Crippen LogP contribution in [0.3, 0.4) is 0 Å². The smallest absolute Gasteiger partial charge is 0.167 e. The molecule has 0 aliphatic heterocycles. The molecule has 3 heteroatoms. The fourth-order valence-electron chi connectivity index (χ4n) is 3.52. The first kappa shape index (κ1) is 13.9. The lowest BCUT2D eigenvalue weighted by atomic mass is 9.41. The molecule has 2 atom stereocenters. The fraction of sp³-hybridized carbons (Fsp3) is 0.211. The van der Waals surface area contributed by atoms with Crippen LogP contribution >= 0.6 is 0 Å². The van der Waals surface area contributed by atoms with Gasteiger partial charge in [-0.15, -0.1) is 0 Å². The SMILES string of the molecule is N#CC1(C#N)CC(c2ccccc2)C1(C#N)c1ccccc1. The van der Waals surface area contributed by atoms with Gasteiger partial charge in [-0.05, 0) is 17.5 Å². The Morgan fingerprint density at radius 3 is 1.82 bits per heavy atom. The van der Waals surface area contributed by atoms with Gasteiger partial charge in [0.15, 0.2) is 5.41 Å². The molecule has 1 aliphatic carbocycles. The molecule has 3 nitrogen and oxygen atoms in total. The summed E-state index contributed by atoms with van der Waals surface area (Å²) in [4.78, 5) is 0. The Morgan fingerprint density at radius 2 is 1.32 bits per heavy atom. The van der Waals surface area contributed by atoms with Crippen LogP contribution in [-0.2, 0) is 5.41 Å². The van der Waals surface area contributed by atoms with Crippen molar-refractivity contribution in [3.63, 3.8) is 0 Å². The molecule has 0 heterocycles. The Hall–Kier alpha value is -3.09. The van der Waals surface area contributed by atoms with Crippen LogP contribution < -0.4 is 0 Å². The van der Waals surface area contributed by atoms with Gasteiger partial charge in [0, 0.05) is 5.92 Å². The van der Waals surface area contributed by atoms with Gasteiger partial charge >= 0.3 is 0 Å². The fourth-order valence-corrected chi connectivity index (χ4v) is 3.52. The molecule has 0 N–H and O–H groups in total. The topological polar surface area (TPSA) is 71.4 Å².